The highest BCUT2D eigenvalue weighted by atomic mass is 16.5. The summed E-state index contributed by atoms with van der Waals surface area (Å²) in [5.74, 6) is 1.67. The molecule has 2 aromatic rings. The van der Waals surface area contributed by atoms with E-state index in [-0.39, 0.29) is 6.10 Å². The molecular formula is C11H13N3O2. The van der Waals surface area contributed by atoms with E-state index in [1.807, 2.05) is 22.7 Å². The van der Waals surface area contributed by atoms with Crippen LogP contribution in [0.25, 0.3) is 5.65 Å². The van der Waals surface area contributed by atoms with E-state index in [1.165, 1.54) is 0 Å². The van der Waals surface area contributed by atoms with Crippen LogP contribution in [-0.4, -0.2) is 28.3 Å². The molecule has 16 heavy (non-hydrogen) atoms. The predicted molar refractivity (Wildman–Crippen MR) is 57.5 cm³/mol. The number of methoxy groups -OCH3 is 1. The van der Waals surface area contributed by atoms with Crippen LogP contribution in [0.15, 0.2) is 18.3 Å². The van der Waals surface area contributed by atoms with Crippen molar-refractivity contribution in [1.82, 2.24) is 14.6 Å². The van der Waals surface area contributed by atoms with Gasteiger partial charge in [-0.05, 0) is 18.9 Å². The van der Waals surface area contributed by atoms with Gasteiger partial charge in [0.2, 0.25) is 0 Å². The number of hydrogen-bond acceptors (Lipinski definition) is 4. The molecule has 1 aliphatic heterocycles. The third-order valence-electron chi connectivity index (χ3n) is 2.86. The van der Waals surface area contributed by atoms with E-state index in [2.05, 4.69) is 10.2 Å². The monoisotopic (exact) mass is 219 g/mol. The maximum atomic E-state index is 5.61. The van der Waals surface area contributed by atoms with E-state index >= 15 is 0 Å². The van der Waals surface area contributed by atoms with Crippen LogP contribution in [0.2, 0.25) is 0 Å². The second kappa shape index (κ2) is 3.75. The van der Waals surface area contributed by atoms with Crippen LogP contribution in [0, 0.1) is 0 Å². The Labute approximate surface area is 93.0 Å². The number of fused-ring (bicyclic) bond motifs is 1. The molecule has 84 valence electrons. The zero-order valence-electron chi connectivity index (χ0n) is 9.09. The zero-order valence-corrected chi connectivity index (χ0v) is 9.09. The first-order valence-corrected chi connectivity index (χ1v) is 5.39. The molecule has 1 atom stereocenters. The molecule has 0 spiro atoms. The first-order valence-electron chi connectivity index (χ1n) is 5.39. The summed E-state index contributed by atoms with van der Waals surface area (Å²) in [5, 5.41) is 8.31. The standard InChI is InChI=1S/C11H13N3O2/c1-15-8-4-5-14-10(7-8)12-13-11(14)9-3-2-6-16-9/h4-5,7,9H,2-3,6H2,1H3. The van der Waals surface area contributed by atoms with E-state index in [4.69, 9.17) is 9.47 Å². The molecule has 0 N–H and O–H groups in total. The highest BCUT2D eigenvalue weighted by Gasteiger charge is 2.22. The van der Waals surface area contributed by atoms with Crippen molar-refractivity contribution < 1.29 is 9.47 Å². The highest BCUT2D eigenvalue weighted by Crippen LogP contribution is 2.27. The third-order valence-corrected chi connectivity index (χ3v) is 2.86. The fourth-order valence-corrected chi connectivity index (χ4v) is 2.02. The number of nitrogens with zero attached hydrogens (tertiary/aromatic N) is 3. The number of rotatable bonds is 2. The van der Waals surface area contributed by atoms with Crippen LogP contribution in [0.3, 0.4) is 0 Å². The summed E-state index contributed by atoms with van der Waals surface area (Å²) in [6, 6.07) is 3.76. The molecule has 3 rings (SSSR count). The van der Waals surface area contributed by atoms with Crippen molar-refractivity contribution >= 4 is 5.65 Å². The maximum Gasteiger partial charge on any atom is 0.166 e. The van der Waals surface area contributed by atoms with Gasteiger partial charge in [0.15, 0.2) is 11.5 Å². The van der Waals surface area contributed by atoms with Crippen LogP contribution in [0.1, 0.15) is 24.8 Å². The smallest absolute Gasteiger partial charge is 0.166 e. The summed E-state index contributed by atoms with van der Waals surface area (Å²) < 4.78 is 12.7. The Kier molecular flexibility index (Phi) is 2.25. The summed E-state index contributed by atoms with van der Waals surface area (Å²) >= 11 is 0. The van der Waals surface area contributed by atoms with E-state index in [1.54, 1.807) is 7.11 Å². The minimum atomic E-state index is 0.0865. The minimum Gasteiger partial charge on any atom is -0.497 e. The van der Waals surface area contributed by atoms with Gasteiger partial charge >= 0.3 is 0 Å². The fourth-order valence-electron chi connectivity index (χ4n) is 2.02. The Morgan fingerprint density at radius 3 is 3.19 bits per heavy atom. The second-order valence-electron chi connectivity index (χ2n) is 3.85. The molecule has 2 aromatic heterocycles. The van der Waals surface area contributed by atoms with Gasteiger partial charge < -0.3 is 9.47 Å². The molecule has 0 aliphatic carbocycles. The lowest BCUT2D eigenvalue weighted by Gasteiger charge is -2.07. The van der Waals surface area contributed by atoms with Gasteiger partial charge in [0, 0.05) is 18.9 Å². The number of pyridine rings is 1. The highest BCUT2D eigenvalue weighted by molar-refractivity contribution is 5.44. The summed E-state index contributed by atoms with van der Waals surface area (Å²) in [4.78, 5) is 0. The Morgan fingerprint density at radius 1 is 1.50 bits per heavy atom. The Hall–Kier alpha value is -1.62. The Balaban J connectivity index is 2.06. The van der Waals surface area contributed by atoms with Gasteiger partial charge in [-0.15, -0.1) is 10.2 Å². The molecule has 0 amide bonds. The minimum absolute atomic E-state index is 0.0865. The van der Waals surface area contributed by atoms with E-state index in [0.717, 1.165) is 36.7 Å². The van der Waals surface area contributed by atoms with E-state index in [9.17, 15) is 0 Å². The zero-order chi connectivity index (χ0) is 11.0. The SMILES string of the molecule is COc1ccn2c(C3CCCO3)nnc2c1. The molecule has 1 fully saturated rings. The second-order valence-corrected chi connectivity index (χ2v) is 3.85. The molecule has 0 bridgehead atoms. The van der Waals surface area contributed by atoms with Crippen LogP contribution in [-0.2, 0) is 4.74 Å². The van der Waals surface area contributed by atoms with Crippen LogP contribution in [0.4, 0.5) is 0 Å². The van der Waals surface area contributed by atoms with Crippen molar-refractivity contribution in [3.63, 3.8) is 0 Å². The van der Waals surface area contributed by atoms with Gasteiger partial charge in [0.1, 0.15) is 11.9 Å². The summed E-state index contributed by atoms with van der Waals surface area (Å²) in [6.07, 6.45) is 4.12. The Morgan fingerprint density at radius 2 is 2.44 bits per heavy atom. The number of ether oxygens (including phenoxy) is 2. The van der Waals surface area contributed by atoms with E-state index in [0.29, 0.717) is 0 Å². The molecule has 1 aliphatic rings. The average Bonchev–Trinajstić information content (AvgIpc) is 2.96. The lowest BCUT2D eigenvalue weighted by Crippen LogP contribution is -2.02. The lowest BCUT2D eigenvalue weighted by atomic mass is 10.2. The Bertz CT molecular complexity index is 503. The van der Waals surface area contributed by atoms with Gasteiger partial charge in [-0.1, -0.05) is 0 Å². The van der Waals surface area contributed by atoms with Gasteiger partial charge in [-0.25, -0.2) is 0 Å². The van der Waals surface area contributed by atoms with Crippen molar-refractivity contribution in [2.45, 2.75) is 18.9 Å². The molecule has 5 heteroatoms. The van der Waals surface area contributed by atoms with Gasteiger partial charge in [-0.3, -0.25) is 4.40 Å². The van der Waals surface area contributed by atoms with Gasteiger partial charge in [-0.2, -0.15) is 0 Å². The molecule has 1 saturated heterocycles. The summed E-state index contributed by atoms with van der Waals surface area (Å²) in [7, 11) is 1.64. The van der Waals surface area contributed by atoms with Gasteiger partial charge in [0.05, 0.1) is 7.11 Å². The van der Waals surface area contributed by atoms with Crippen molar-refractivity contribution in [2.24, 2.45) is 0 Å². The molecule has 0 aromatic carbocycles. The molecule has 3 heterocycles. The quantitative estimate of drug-likeness (QED) is 0.769. The number of aromatic nitrogens is 3. The number of hydrogen-bond donors (Lipinski definition) is 0. The third kappa shape index (κ3) is 1.44. The lowest BCUT2D eigenvalue weighted by molar-refractivity contribution is 0.104. The van der Waals surface area contributed by atoms with Crippen molar-refractivity contribution in [2.75, 3.05) is 13.7 Å². The largest absolute Gasteiger partial charge is 0.497 e. The average molecular weight is 219 g/mol. The van der Waals surface area contributed by atoms with Gasteiger partial charge in [0.25, 0.3) is 0 Å². The molecule has 5 nitrogen and oxygen atoms in total. The maximum absolute atomic E-state index is 5.61. The molecule has 1 unspecified atom stereocenters. The molecule has 0 radical (unpaired) electrons. The first kappa shape index (κ1) is 9.59. The van der Waals surface area contributed by atoms with Crippen LogP contribution in [0.5, 0.6) is 5.75 Å². The predicted octanol–water partition coefficient (Wildman–Crippen LogP) is 1.59. The van der Waals surface area contributed by atoms with Crippen molar-refractivity contribution in [3.8, 4) is 5.75 Å². The molecule has 0 saturated carbocycles. The molecular weight excluding hydrogens is 206 g/mol. The normalized spacial score (nSPS) is 20.4. The van der Waals surface area contributed by atoms with E-state index < -0.39 is 0 Å². The topological polar surface area (TPSA) is 48.7 Å². The van der Waals surface area contributed by atoms with Crippen molar-refractivity contribution in [1.29, 1.82) is 0 Å². The summed E-state index contributed by atoms with van der Waals surface area (Å²) in [6.45, 7) is 0.815. The first-order chi connectivity index (χ1) is 7.88. The van der Waals surface area contributed by atoms with Crippen molar-refractivity contribution in [3.05, 3.63) is 24.2 Å². The summed E-state index contributed by atoms with van der Waals surface area (Å²) in [5.41, 5.74) is 0.796. The fraction of sp³-hybridized carbons (Fsp3) is 0.455. The van der Waals surface area contributed by atoms with Crippen LogP contribution < -0.4 is 4.74 Å². The van der Waals surface area contributed by atoms with Crippen LogP contribution >= 0.6 is 0 Å².